The van der Waals surface area contributed by atoms with Crippen molar-refractivity contribution in [1.29, 1.82) is 0 Å². The van der Waals surface area contributed by atoms with Crippen LogP contribution in [0, 0.1) is 11.7 Å². The predicted octanol–water partition coefficient (Wildman–Crippen LogP) is 4.54. The number of piperidine rings is 1. The van der Waals surface area contributed by atoms with Gasteiger partial charge in [0.15, 0.2) is 17.3 Å². The number of rotatable bonds is 8. The Hall–Kier alpha value is -3.45. The minimum absolute atomic E-state index is 0.167. The van der Waals surface area contributed by atoms with Gasteiger partial charge in [0, 0.05) is 37.3 Å². The standard InChI is InChI=1S/C27H27FN2O4/c28-24-4-2-19(13-23(24)25(31)5-1-18-7-10-29-11-8-18)22-9-12-30-15-20(22)16-32-21-3-6-26-27(14-21)34-17-33-26/h2-4,6-8,10-11,13-14,20,22,30H,1,5,9,12,15-17H2/t20-,22-/m0/s1. The Balaban J connectivity index is 1.27. The number of hydrogen-bond acceptors (Lipinski definition) is 6. The first-order valence-corrected chi connectivity index (χ1v) is 11.6. The third kappa shape index (κ3) is 5.04. The molecule has 0 amide bonds. The molecule has 6 nitrogen and oxygen atoms in total. The number of Topliss-reactive ketones (excluding diaryl/α,β-unsaturated/α-hetero) is 1. The van der Waals surface area contributed by atoms with Gasteiger partial charge in [-0.3, -0.25) is 9.78 Å². The zero-order valence-electron chi connectivity index (χ0n) is 18.8. The lowest BCUT2D eigenvalue weighted by molar-refractivity contribution is 0.0978. The summed E-state index contributed by atoms with van der Waals surface area (Å²) in [6.45, 7) is 2.38. The molecular formula is C27H27FN2O4. The summed E-state index contributed by atoms with van der Waals surface area (Å²) in [4.78, 5) is 16.8. The van der Waals surface area contributed by atoms with E-state index in [-0.39, 0.29) is 36.4 Å². The van der Waals surface area contributed by atoms with E-state index in [1.807, 2.05) is 30.3 Å². The molecule has 3 heterocycles. The third-order valence-electron chi connectivity index (χ3n) is 6.52. The van der Waals surface area contributed by atoms with E-state index in [1.54, 1.807) is 24.5 Å². The van der Waals surface area contributed by atoms with Gasteiger partial charge in [-0.15, -0.1) is 0 Å². The first kappa shape index (κ1) is 22.3. The minimum Gasteiger partial charge on any atom is -0.493 e. The number of ether oxygens (including phenoxy) is 3. The molecule has 2 aliphatic rings. The molecule has 1 fully saturated rings. The number of aryl methyl sites for hydroxylation is 1. The maximum Gasteiger partial charge on any atom is 0.231 e. The van der Waals surface area contributed by atoms with Crippen LogP contribution in [0.15, 0.2) is 60.9 Å². The van der Waals surface area contributed by atoms with Gasteiger partial charge >= 0.3 is 0 Å². The normalized spacial score (nSPS) is 19.1. The molecule has 0 radical (unpaired) electrons. The zero-order valence-corrected chi connectivity index (χ0v) is 18.8. The van der Waals surface area contributed by atoms with Crippen molar-refractivity contribution in [1.82, 2.24) is 10.3 Å². The van der Waals surface area contributed by atoms with Crippen molar-refractivity contribution >= 4 is 5.78 Å². The Morgan fingerprint density at radius 3 is 2.82 bits per heavy atom. The van der Waals surface area contributed by atoms with Crippen molar-refractivity contribution in [2.45, 2.75) is 25.2 Å². The van der Waals surface area contributed by atoms with Gasteiger partial charge in [0.05, 0.1) is 12.2 Å². The van der Waals surface area contributed by atoms with E-state index < -0.39 is 5.82 Å². The number of halogens is 1. The Morgan fingerprint density at radius 1 is 1.09 bits per heavy atom. The van der Waals surface area contributed by atoms with Crippen LogP contribution in [0.1, 0.15) is 40.2 Å². The van der Waals surface area contributed by atoms with Crippen LogP contribution in [-0.2, 0) is 6.42 Å². The zero-order chi connectivity index (χ0) is 23.3. The summed E-state index contributed by atoms with van der Waals surface area (Å²) in [5, 5.41) is 3.43. The van der Waals surface area contributed by atoms with Crippen LogP contribution >= 0.6 is 0 Å². The molecule has 2 atom stereocenters. The van der Waals surface area contributed by atoms with Gasteiger partial charge in [-0.2, -0.15) is 0 Å². The molecule has 0 aliphatic carbocycles. The fourth-order valence-corrected chi connectivity index (χ4v) is 4.64. The topological polar surface area (TPSA) is 69.7 Å². The van der Waals surface area contributed by atoms with E-state index in [9.17, 15) is 9.18 Å². The smallest absolute Gasteiger partial charge is 0.231 e. The molecule has 2 aromatic carbocycles. The summed E-state index contributed by atoms with van der Waals surface area (Å²) in [5.41, 5.74) is 2.16. The summed E-state index contributed by atoms with van der Waals surface area (Å²) < 4.78 is 31.5. The fraction of sp³-hybridized carbons (Fsp3) is 0.333. The van der Waals surface area contributed by atoms with E-state index in [1.165, 1.54) is 6.07 Å². The number of benzene rings is 2. The van der Waals surface area contributed by atoms with Crippen molar-refractivity contribution in [3.8, 4) is 17.2 Å². The van der Waals surface area contributed by atoms with E-state index in [0.717, 1.165) is 42.1 Å². The van der Waals surface area contributed by atoms with Crippen LogP contribution in [0.3, 0.4) is 0 Å². The molecule has 5 rings (SSSR count). The molecule has 0 unspecified atom stereocenters. The summed E-state index contributed by atoms with van der Waals surface area (Å²) in [7, 11) is 0. The highest BCUT2D eigenvalue weighted by Gasteiger charge is 2.28. The number of fused-ring (bicyclic) bond motifs is 1. The predicted molar refractivity (Wildman–Crippen MR) is 125 cm³/mol. The minimum atomic E-state index is -0.467. The van der Waals surface area contributed by atoms with Gasteiger partial charge < -0.3 is 19.5 Å². The summed E-state index contributed by atoms with van der Waals surface area (Å²) in [5.74, 6) is 1.83. The lowest BCUT2D eigenvalue weighted by Gasteiger charge is -2.32. The monoisotopic (exact) mass is 462 g/mol. The molecule has 3 aromatic rings. The SMILES string of the molecule is O=C(CCc1ccncc1)c1cc([C@@H]2CCNC[C@H]2COc2ccc3c(c2)OCO3)ccc1F. The van der Waals surface area contributed by atoms with Gasteiger partial charge in [0.1, 0.15) is 11.6 Å². The molecule has 7 heteroatoms. The number of nitrogens with one attached hydrogen (secondary N) is 1. The van der Waals surface area contributed by atoms with Gasteiger partial charge in [-0.1, -0.05) is 6.07 Å². The van der Waals surface area contributed by atoms with Gasteiger partial charge in [0.25, 0.3) is 0 Å². The van der Waals surface area contributed by atoms with Crippen molar-refractivity contribution in [3.63, 3.8) is 0 Å². The first-order valence-electron chi connectivity index (χ1n) is 11.6. The van der Waals surface area contributed by atoms with Crippen molar-refractivity contribution in [2.75, 3.05) is 26.5 Å². The van der Waals surface area contributed by atoms with E-state index in [4.69, 9.17) is 14.2 Å². The maximum atomic E-state index is 14.6. The van der Waals surface area contributed by atoms with Crippen LogP contribution in [0.5, 0.6) is 17.2 Å². The van der Waals surface area contributed by atoms with E-state index >= 15 is 0 Å². The second-order valence-electron chi connectivity index (χ2n) is 8.70. The molecular weight excluding hydrogens is 435 g/mol. The molecule has 1 aromatic heterocycles. The largest absolute Gasteiger partial charge is 0.493 e. The molecule has 34 heavy (non-hydrogen) atoms. The van der Waals surface area contributed by atoms with Crippen LogP contribution in [0.2, 0.25) is 0 Å². The second-order valence-corrected chi connectivity index (χ2v) is 8.70. The summed E-state index contributed by atoms with van der Waals surface area (Å²) in [6, 6.07) is 14.3. The fourth-order valence-electron chi connectivity index (χ4n) is 4.64. The van der Waals surface area contributed by atoms with Crippen molar-refractivity contribution in [3.05, 3.63) is 83.4 Å². The highest BCUT2D eigenvalue weighted by molar-refractivity contribution is 5.96. The molecule has 0 bridgehead atoms. The molecule has 0 spiro atoms. The van der Waals surface area contributed by atoms with Gasteiger partial charge in [0.2, 0.25) is 6.79 Å². The van der Waals surface area contributed by atoms with Crippen molar-refractivity contribution < 1.29 is 23.4 Å². The lowest BCUT2D eigenvalue weighted by Crippen LogP contribution is -2.38. The van der Waals surface area contributed by atoms with Crippen molar-refractivity contribution in [2.24, 2.45) is 5.92 Å². The average Bonchev–Trinajstić information content (AvgIpc) is 3.35. The average molecular weight is 463 g/mol. The Bertz CT molecular complexity index is 1150. The summed E-state index contributed by atoms with van der Waals surface area (Å²) >= 11 is 0. The highest BCUT2D eigenvalue weighted by Crippen LogP contribution is 2.36. The van der Waals surface area contributed by atoms with Crippen LogP contribution in [0.4, 0.5) is 4.39 Å². The van der Waals surface area contributed by atoms with E-state index in [2.05, 4.69) is 10.3 Å². The lowest BCUT2D eigenvalue weighted by atomic mass is 9.80. The number of pyridine rings is 1. The summed E-state index contributed by atoms with van der Waals surface area (Å²) in [6.07, 6.45) is 5.11. The Kier molecular flexibility index (Phi) is 6.72. The van der Waals surface area contributed by atoms with Crippen LogP contribution in [-0.4, -0.2) is 37.3 Å². The number of ketones is 1. The van der Waals surface area contributed by atoms with Crippen LogP contribution in [0.25, 0.3) is 0 Å². The molecule has 2 aliphatic heterocycles. The second kappa shape index (κ2) is 10.2. The Labute approximate surface area is 198 Å². The van der Waals surface area contributed by atoms with Gasteiger partial charge in [-0.25, -0.2) is 4.39 Å². The van der Waals surface area contributed by atoms with E-state index in [0.29, 0.717) is 18.8 Å². The number of carbonyl (C=O) groups excluding carboxylic acids is 1. The maximum absolute atomic E-state index is 14.6. The third-order valence-corrected chi connectivity index (χ3v) is 6.52. The number of aromatic nitrogens is 1. The van der Waals surface area contributed by atoms with Gasteiger partial charge in [-0.05, 0) is 72.8 Å². The quantitative estimate of drug-likeness (QED) is 0.496. The number of hydrogen-bond donors (Lipinski definition) is 1. The molecule has 0 saturated carbocycles. The van der Waals surface area contributed by atoms with Crippen LogP contribution < -0.4 is 19.5 Å². The molecule has 176 valence electrons. The highest BCUT2D eigenvalue weighted by atomic mass is 19.1. The number of carbonyl (C=O) groups is 1. The Morgan fingerprint density at radius 2 is 1.94 bits per heavy atom. The number of nitrogens with zero attached hydrogens (tertiary/aromatic N) is 1. The molecule has 1 saturated heterocycles. The first-order chi connectivity index (χ1) is 16.7. The molecule has 1 N–H and O–H groups in total.